The molecular weight excluding hydrogens is 246 g/mol. The predicted molar refractivity (Wildman–Crippen MR) is 71.3 cm³/mol. The number of carbonyl (C=O) groups is 1. The molecule has 1 aliphatic heterocycles. The third kappa shape index (κ3) is 3.96. The lowest BCUT2D eigenvalue weighted by Gasteiger charge is -2.25. The zero-order valence-corrected chi connectivity index (χ0v) is 11.5. The molecule has 6 heteroatoms. The monoisotopic (exact) mass is 267 g/mol. The van der Waals surface area contributed by atoms with Gasteiger partial charge in [-0.2, -0.15) is 0 Å². The zero-order valence-electron chi connectivity index (χ0n) is 11.5. The van der Waals surface area contributed by atoms with Gasteiger partial charge in [-0.3, -0.25) is 4.79 Å². The van der Waals surface area contributed by atoms with E-state index in [2.05, 4.69) is 24.3 Å². The molecule has 0 atom stereocenters. The van der Waals surface area contributed by atoms with Crippen molar-refractivity contribution in [3.63, 3.8) is 0 Å². The lowest BCUT2D eigenvalue weighted by molar-refractivity contribution is 0.0942. The highest BCUT2D eigenvalue weighted by Crippen LogP contribution is 2.17. The molecule has 1 N–H and O–H groups in total. The van der Waals surface area contributed by atoms with Crippen molar-refractivity contribution in [2.24, 2.45) is 5.92 Å². The van der Waals surface area contributed by atoms with E-state index in [1.807, 2.05) is 4.90 Å². The smallest absolute Gasteiger partial charge is 0.273 e. The number of morpholine rings is 1. The van der Waals surface area contributed by atoms with Crippen LogP contribution < -0.4 is 10.2 Å². The Bertz CT molecular complexity index is 411. The highest BCUT2D eigenvalue weighted by Gasteiger charge is 2.18. The van der Waals surface area contributed by atoms with Crippen LogP contribution in [0.25, 0.3) is 0 Å². The molecule has 1 amide bonds. The summed E-state index contributed by atoms with van der Waals surface area (Å²) >= 11 is 0. The molecule has 0 aromatic carbocycles. The number of ether oxygens (including phenoxy) is 1. The van der Waals surface area contributed by atoms with E-state index in [1.54, 1.807) is 6.07 Å². The maximum Gasteiger partial charge on any atom is 0.273 e. The quantitative estimate of drug-likeness (QED) is 0.870. The number of aromatic nitrogens is 1. The van der Waals surface area contributed by atoms with Crippen molar-refractivity contribution in [3.8, 4) is 0 Å². The van der Waals surface area contributed by atoms with Crippen LogP contribution in [0.5, 0.6) is 0 Å². The lowest BCUT2D eigenvalue weighted by Crippen LogP contribution is -2.35. The van der Waals surface area contributed by atoms with E-state index in [-0.39, 0.29) is 5.91 Å². The van der Waals surface area contributed by atoms with Crippen LogP contribution in [0.3, 0.4) is 0 Å². The van der Waals surface area contributed by atoms with Crippen LogP contribution in [0, 0.1) is 5.92 Å². The molecule has 0 aliphatic carbocycles. The van der Waals surface area contributed by atoms with Gasteiger partial charge >= 0.3 is 0 Å². The molecule has 19 heavy (non-hydrogen) atoms. The van der Waals surface area contributed by atoms with Gasteiger partial charge in [-0.05, 0) is 12.3 Å². The first-order valence-electron chi connectivity index (χ1n) is 6.74. The summed E-state index contributed by atoms with van der Waals surface area (Å²) in [5, 5.41) is 6.66. The number of amides is 1. The van der Waals surface area contributed by atoms with Crippen LogP contribution in [-0.4, -0.2) is 43.9 Å². The first-order valence-corrected chi connectivity index (χ1v) is 6.74. The molecule has 1 aromatic heterocycles. The summed E-state index contributed by atoms with van der Waals surface area (Å²) in [7, 11) is 0. The molecule has 0 unspecified atom stereocenters. The second-order valence-electron chi connectivity index (χ2n) is 5.09. The number of rotatable bonds is 5. The van der Waals surface area contributed by atoms with Gasteiger partial charge in [-0.15, -0.1) is 0 Å². The average molecular weight is 267 g/mol. The van der Waals surface area contributed by atoms with Crippen molar-refractivity contribution >= 4 is 11.8 Å². The van der Waals surface area contributed by atoms with Crippen LogP contribution in [0.4, 0.5) is 5.88 Å². The van der Waals surface area contributed by atoms with Gasteiger partial charge in [0.25, 0.3) is 5.91 Å². The van der Waals surface area contributed by atoms with Crippen molar-refractivity contribution in [2.45, 2.75) is 20.3 Å². The van der Waals surface area contributed by atoms with Crippen LogP contribution in [0.1, 0.15) is 30.8 Å². The fourth-order valence-electron chi connectivity index (χ4n) is 1.87. The van der Waals surface area contributed by atoms with E-state index in [9.17, 15) is 4.79 Å². The number of hydrogen-bond acceptors (Lipinski definition) is 5. The first-order chi connectivity index (χ1) is 9.16. The lowest BCUT2D eigenvalue weighted by atomic mass is 10.1. The van der Waals surface area contributed by atoms with Gasteiger partial charge in [0, 0.05) is 25.7 Å². The number of nitrogens with zero attached hydrogens (tertiary/aromatic N) is 2. The molecule has 106 valence electrons. The predicted octanol–water partition coefficient (Wildman–Crippen LogP) is 1.29. The molecular formula is C13H21N3O3. The van der Waals surface area contributed by atoms with Gasteiger partial charge in [-0.25, -0.2) is 0 Å². The normalized spacial score (nSPS) is 15.8. The largest absolute Gasteiger partial charge is 0.378 e. The number of carbonyl (C=O) groups excluding carboxylic acids is 1. The second kappa shape index (κ2) is 6.56. The van der Waals surface area contributed by atoms with E-state index in [0.717, 1.165) is 19.5 Å². The minimum atomic E-state index is -0.177. The third-order valence-electron chi connectivity index (χ3n) is 3.06. The molecule has 1 aromatic rings. The van der Waals surface area contributed by atoms with Gasteiger partial charge in [-0.1, -0.05) is 19.0 Å². The molecule has 0 radical (unpaired) electrons. The second-order valence-corrected chi connectivity index (χ2v) is 5.09. The highest BCUT2D eigenvalue weighted by atomic mass is 16.5. The Morgan fingerprint density at radius 1 is 1.47 bits per heavy atom. The Kier molecular flexibility index (Phi) is 4.79. The average Bonchev–Trinajstić information content (AvgIpc) is 2.89. The molecule has 6 nitrogen and oxygen atoms in total. The number of anilines is 1. The Morgan fingerprint density at radius 2 is 2.21 bits per heavy atom. The molecule has 2 rings (SSSR count). The molecule has 0 bridgehead atoms. The van der Waals surface area contributed by atoms with Crippen LogP contribution in [0.15, 0.2) is 10.6 Å². The van der Waals surface area contributed by atoms with Crippen molar-refractivity contribution in [1.82, 2.24) is 10.5 Å². The topological polar surface area (TPSA) is 67.6 Å². The van der Waals surface area contributed by atoms with Crippen molar-refractivity contribution in [1.29, 1.82) is 0 Å². The number of nitrogens with one attached hydrogen (secondary N) is 1. The van der Waals surface area contributed by atoms with Crippen LogP contribution in [-0.2, 0) is 4.74 Å². The Morgan fingerprint density at radius 3 is 2.89 bits per heavy atom. The van der Waals surface area contributed by atoms with Gasteiger partial charge < -0.3 is 19.5 Å². The highest BCUT2D eigenvalue weighted by molar-refractivity contribution is 5.92. The minimum Gasteiger partial charge on any atom is -0.378 e. The van der Waals surface area contributed by atoms with Gasteiger partial charge in [0.2, 0.25) is 5.88 Å². The van der Waals surface area contributed by atoms with Crippen molar-refractivity contribution in [2.75, 3.05) is 37.7 Å². The van der Waals surface area contributed by atoms with Gasteiger partial charge in [0.15, 0.2) is 5.69 Å². The Hall–Kier alpha value is -1.56. The van der Waals surface area contributed by atoms with E-state index in [1.165, 1.54) is 0 Å². The summed E-state index contributed by atoms with van der Waals surface area (Å²) in [6.45, 7) is 7.80. The molecule has 1 saturated heterocycles. The zero-order chi connectivity index (χ0) is 13.7. The fourth-order valence-corrected chi connectivity index (χ4v) is 1.87. The molecule has 0 saturated carbocycles. The maximum absolute atomic E-state index is 11.8. The fraction of sp³-hybridized carbons (Fsp3) is 0.692. The standard InChI is InChI=1S/C13H21N3O3/c1-10(2)3-4-14-13(17)11-9-12(19-15-11)16-5-7-18-8-6-16/h9-10H,3-8H2,1-2H3,(H,14,17). The maximum atomic E-state index is 11.8. The summed E-state index contributed by atoms with van der Waals surface area (Å²) in [5.74, 6) is 1.03. The SMILES string of the molecule is CC(C)CCNC(=O)c1cc(N2CCOCC2)on1. The van der Waals surface area contributed by atoms with E-state index in [4.69, 9.17) is 9.26 Å². The first kappa shape index (κ1) is 13.9. The van der Waals surface area contributed by atoms with E-state index < -0.39 is 0 Å². The summed E-state index contributed by atoms with van der Waals surface area (Å²) in [6.07, 6.45) is 0.958. The summed E-state index contributed by atoms with van der Waals surface area (Å²) in [4.78, 5) is 13.9. The molecule has 0 spiro atoms. The van der Waals surface area contributed by atoms with Crippen molar-refractivity contribution < 1.29 is 14.1 Å². The molecule has 1 fully saturated rings. The van der Waals surface area contributed by atoms with E-state index >= 15 is 0 Å². The summed E-state index contributed by atoms with van der Waals surface area (Å²) in [5.41, 5.74) is 0.338. The summed E-state index contributed by atoms with van der Waals surface area (Å²) in [6, 6.07) is 1.69. The number of hydrogen-bond donors (Lipinski definition) is 1. The molecule has 2 heterocycles. The van der Waals surface area contributed by atoms with Gasteiger partial charge in [0.05, 0.1) is 13.2 Å². The van der Waals surface area contributed by atoms with Crippen molar-refractivity contribution in [3.05, 3.63) is 11.8 Å². The third-order valence-corrected chi connectivity index (χ3v) is 3.06. The Balaban J connectivity index is 1.87. The van der Waals surface area contributed by atoms with Crippen LogP contribution >= 0.6 is 0 Å². The van der Waals surface area contributed by atoms with Crippen LogP contribution in [0.2, 0.25) is 0 Å². The summed E-state index contributed by atoms with van der Waals surface area (Å²) < 4.78 is 10.5. The van der Waals surface area contributed by atoms with Gasteiger partial charge in [0.1, 0.15) is 0 Å². The molecule has 1 aliphatic rings. The minimum absolute atomic E-state index is 0.177. The Labute approximate surface area is 113 Å². The van der Waals surface area contributed by atoms with E-state index in [0.29, 0.717) is 37.3 Å².